The Morgan fingerprint density at radius 3 is 2.64 bits per heavy atom. The van der Waals surface area contributed by atoms with Gasteiger partial charge in [0.1, 0.15) is 0 Å². The third-order valence-electron chi connectivity index (χ3n) is 3.89. The first-order valence-corrected chi connectivity index (χ1v) is 9.08. The second-order valence-electron chi connectivity index (χ2n) is 5.67. The van der Waals surface area contributed by atoms with Gasteiger partial charge in [0.25, 0.3) is 0 Å². The first-order valence-electron chi connectivity index (χ1n) is 7.26. The van der Waals surface area contributed by atoms with Gasteiger partial charge in [0.05, 0.1) is 11.5 Å². The zero-order valence-electron chi connectivity index (χ0n) is 12.1. The van der Waals surface area contributed by atoms with Crippen molar-refractivity contribution in [2.75, 3.05) is 23.4 Å². The maximum atomic E-state index is 11.9. The fourth-order valence-electron chi connectivity index (χ4n) is 2.71. The quantitative estimate of drug-likeness (QED) is 0.912. The van der Waals surface area contributed by atoms with E-state index in [0.717, 1.165) is 16.5 Å². The number of fused-ring (bicyclic) bond motifs is 1. The highest BCUT2D eigenvalue weighted by molar-refractivity contribution is 7.91. The van der Waals surface area contributed by atoms with Gasteiger partial charge in [0.2, 0.25) is 0 Å². The average Bonchev–Trinajstić information content (AvgIpc) is 2.84. The molecule has 1 aliphatic rings. The Bertz CT molecular complexity index is 802. The van der Waals surface area contributed by atoms with Gasteiger partial charge in [-0.15, -0.1) is 0 Å². The van der Waals surface area contributed by atoms with Crippen LogP contribution in [0, 0.1) is 5.92 Å². The summed E-state index contributed by atoms with van der Waals surface area (Å²) in [4.78, 5) is 11.9. The smallest absolute Gasteiger partial charge is 0.319 e. The lowest BCUT2D eigenvalue weighted by atomic mass is 10.1. The van der Waals surface area contributed by atoms with Crippen LogP contribution in [0.15, 0.2) is 42.5 Å². The number of amides is 2. The topological polar surface area (TPSA) is 75.3 Å². The summed E-state index contributed by atoms with van der Waals surface area (Å²) in [6, 6.07) is 13.3. The van der Waals surface area contributed by atoms with E-state index < -0.39 is 9.84 Å². The standard InChI is InChI=1S/C16H18N2O3S/c19-16(17-10-12-7-8-22(20,21)11-12)18-15-6-5-13-3-1-2-4-14(13)9-15/h1-6,9,12H,7-8,10-11H2,(H2,17,18,19). The van der Waals surface area contributed by atoms with Gasteiger partial charge in [0.15, 0.2) is 9.84 Å². The number of benzene rings is 2. The molecule has 1 saturated heterocycles. The number of rotatable bonds is 3. The minimum absolute atomic E-state index is 0.0207. The highest BCUT2D eigenvalue weighted by Crippen LogP contribution is 2.19. The van der Waals surface area contributed by atoms with Crippen LogP contribution in [0.5, 0.6) is 0 Å². The molecule has 0 spiro atoms. The van der Waals surface area contributed by atoms with Gasteiger partial charge in [-0.05, 0) is 35.2 Å². The Hall–Kier alpha value is -2.08. The van der Waals surface area contributed by atoms with Gasteiger partial charge in [-0.2, -0.15) is 0 Å². The lowest BCUT2D eigenvalue weighted by Crippen LogP contribution is -2.33. The molecule has 2 N–H and O–H groups in total. The van der Waals surface area contributed by atoms with E-state index in [1.54, 1.807) is 0 Å². The summed E-state index contributed by atoms with van der Waals surface area (Å²) in [6.45, 7) is 0.388. The molecule has 0 bridgehead atoms. The average molecular weight is 318 g/mol. The lowest BCUT2D eigenvalue weighted by molar-refractivity contribution is 0.250. The summed E-state index contributed by atoms with van der Waals surface area (Å²) in [6.07, 6.45) is 0.624. The van der Waals surface area contributed by atoms with Crippen molar-refractivity contribution >= 4 is 32.3 Å². The largest absolute Gasteiger partial charge is 0.338 e. The van der Waals surface area contributed by atoms with Crippen LogP contribution in [-0.4, -0.2) is 32.5 Å². The number of hydrogen-bond donors (Lipinski definition) is 2. The number of sulfone groups is 1. The number of nitrogens with one attached hydrogen (secondary N) is 2. The molecule has 0 radical (unpaired) electrons. The predicted molar refractivity (Wildman–Crippen MR) is 87.7 cm³/mol. The van der Waals surface area contributed by atoms with Gasteiger partial charge < -0.3 is 10.6 Å². The van der Waals surface area contributed by atoms with Crippen LogP contribution < -0.4 is 10.6 Å². The summed E-state index contributed by atoms with van der Waals surface area (Å²) >= 11 is 0. The molecule has 2 amide bonds. The van der Waals surface area contributed by atoms with Gasteiger partial charge in [-0.1, -0.05) is 30.3 Å². The van der Waals surface area contributed by atoms with Crippen LogP contribution in [0.1, 0.15) is 6.42 Å². The van der Waals surface area contributed by atoms with E-state index in [1.165, 1.54) is 0 Å². The number of urea groups is 1. The normalized spacial score (nSPS) is 19.9. The van der Waals surface area contributed by atoms with Crippen molar-refractivity contribution in [1.82, 2.24) is 5.32 Å². The first kappa shape index (κ1) is 14.8. The Morgan fingerprint density at radius 1 is 1.14 bits per heavy atom. The molecule has 1 heterocycles. The number of anilines is 1. The maximum absolute atomic E-state index is 11.9. The van der Waals surface area contributed by atoms with Crippen molar-refractivity contribution < 1.29 is 13.2 Å². The van der Waals surface area contributed by atoms with Gasteiger partial charge in [0, 0.05) is 12.2 Å². The van der Waals surface area contributed by atoms with E-state index in [9.17, 15) is 13.2 Å². The van der Waals surface area contributed by atoms with Gasteiger partial charge in [-0.25, -0.2) is 13.2 Å². The van der Waals surface area contributed by atoms with E-state index in [1.807, 2.05) is 42.5 Å². The Labute approximate surface area is 129 Å². The van der Waals surface area contributed by atoms with Crippen molar-refractivity contribution in [1.29, 1.82) is 0 Å². The summed E-state index contributed by atoms with van der Waals surface area (Å²) in [7, 11) is -2.90. The molecule has 0 aliphatic carbocycles. The molecule has 6 heteroatoms. The maximum Gasteiger partial charge on any atom is 0.319 e. The zero-order valence-corrected chi connectivity index (χ0v) is 12.9. The SMILES string of the molecule is O=C(NCC1CCS(=O)(=O)C1)Nc1ccc2ccccc2c1. The molecular formula is C16H18N2O3S. The Kier molecular flexibility index (Phi) is 4.02. The monoisotopic (exact) mass is 318 g/mol. The lowest BCUT2D eigenvalue weighted by Gasteiger charge is -2.11. The molecule has 2 aromatic rings. The minimum atomic E-state index is -2.90. The van der Waals surface area contributed by atoms with Crippen LogP contribution in [0.2, 0.25) is 0 Å². The van der Waals surface area contributed by atoms with Crippen molar-refractivity contribution in [3.8, 4) is 0 Å². The van der Waals surface area contributed by atoms with Crippen LogP contribution >= 0.6 is 0 Å². The van der Waals surface area contributed by atoms with E-state index in [-0.39, 0.29) is 23.5 Å². The molecule has 22 heavy (non-hydrogen) atoms. The summed E-state index contributed by atoms with van der Waals surface area (Å²) in [5.41, 5.74) is 0.718. The van der Waals surface area contributed by atoms with E-state index in [2.05, 4.69) is 10.6 Å². The Morgan fingerprint density at radius 2 is 1.91 bits per heavy atom. The molecular weight excluding hydrogens is 300 g/mol. The second kappa shape index (κ2) is 5.96. The highest BCUT2D eigenvalue weighted by Gasteiger charge is 2.27. The van der Waals surface area contributed by atoms with Crippen molar-refractivity contribution in [3.05, 3.63) is 42.5 Å². The fourth-order valence-corrected chi connectivity index (χ4v) is 4.57. The molecule has 0 aromatic heterocycles. The Balaban J connectivity index is 1.56. The molecule has 2 aromatic carbocycles. The third kappa shape index (κ3) is 3.57. The third-order valence-corrected chi connectivity index (χ3v) is 5.72. The molecule has 1 unspecified atom stereocenters. The molecule has 5 nitrogen and oxygen atoms in total. The van der Waals surface area contributed by atoms with E-state index in [4.69, 9.17) is 0 Å². The van der Waals surface area contributed by atoms with Crippen molar-refractivity contribution in [2.45, 2.75) is 6.42 Å². The van der Waals surface area contributed by atoms with Gasteiger partial charge in [-0.3, -0.25) is 0 Å². The van der Waals surface area contributed by atoms with Crippen LogP contribution in [-0.2, 0) is 9.84 Å². The molecule has 1 fully saturated rings. The predicted octanol–water partition coefficient (Wildman–Crippen LogP) is 2.40. The number of carbonyl (C=O) groups excluding carboxylic acids is 1. The van der Waals surface area contributed by atoms with Crippen LogP contribution in [0.4, 0.5) is 10.5 Å². The van der Waals surface area contributed by atoms with Gasteiger partial charge >= 0.3 is 6.03 Å². The fraction of sp³-hybridized carbons (Fsp3) is 0.312. The van der Waals surface area contributed by atoms with Crippen molar-refractivity contribution in [2.24, 2.45) is 5.92 Å². The molecule has 1 aliphatic heterocycles. The zero-order chi connectivity index (χ0) is 15.6. The van der Waals surface area contributed by atoms with Crippen LogP contribution in [0.3, 0.4) is 0 Å². The number of carbonyl (C=O) groups is 1. The van der Waals surface area contributed by atoms with E-state index >= 15 is 0 Å². The molecule has 0 saturated carbocycles. The molecule has 1 atom stereocenters. The van der Waals surface area contributed by atoms with Crippen molar-refractivity contribution in [3.63, 3.8) is 0 Å². The summed E-state index contributed by atoms with van der Waals surface area (Å²) in [5.74, 6) is 0.418. The van der Waals surface area contributed by atoms with Crippen LogP contribution in [0.25, 0.3) is 10.8 Å². The summed E-state index contributed by atoms with van der Waals surface area (Å²) in [5, 5.41) is 7.70. The molecule has 116 valence electrons. The minimum Gasteiger partial charge on any atom is -0.338 e. The number of hydrogen-bond acceptors (Lipinski definition) is 3. The highest BCUT2D eigenvalue weighted by atomic mass is 32.2. The summed E-state index contributed by atoms with van der Waals surface area (Å²) < 4.78 is 22.7. The first-order chi connectivity index (χ1) is 10.5. The molecule has 3 rings (SSSR count). The second-order valence-corrected chi connectivity index (χ2v) is 7.89. The van der Waals surface area contributed by atoms with E-state index in [0.29, 0.717) is 13.0 Å².